The number of aliphatic imine (C=N–C) groups is 1. The van der Waals surface area contributed by atoms with Crippen molar-refractivity contribution in [1.82, 2.24) is 0 Å². The quantitative estimate of drug-likeness (QED) is 0.779. The Morgan fingerprint density at radius 2 is 1.83 bits per heavy atom. The van der Waals surface area contributed by atoms with E-state index in [0.717, 1.165) is 21.9 Å². The molecule has 1 aliphatic rings. The smallest absolute Gasteiger partial charge is 0.307 e. The van der Waals surface area contributed by atoms with E-state index in [1.54, 1.807) is 16.7 Å². The van der Waals surface area contributed by atoms with Crippen molar-refractivity contribution in [3.8, 4) is 0 Å². The van der Waals surface area contributed by atoms with Gasteiger partial charge in [-0.05, 0) is 24.3 Å². The molecule has 4 nitrogen and oxygen atoms in total. The number of hydrogen-bond donors (Lipinski definition) is 1. The molecule has 2 aromatic carbocycles. The first-order chi connectivity index (χ1) is 11.3. The average Bonchev–Trinajstić information content (AvgIpc) is 3.05. The number of thioether (sulfide) groups is 1. The van der Waals surface area contributed by atoms with Gasteiger partial charge in [0.2, 0.25) is 0 Å². The van der Waals surface area contributed by atoms with Gasteiger partial charge in [0.1, 0.15) is 0 Å². The lowest BCUT2D eigenvalue weighted by atomic mass is 10.3. The number of carbonyl (C=O) groups is 1. The summed E-state index contributed by atoms with van der Waals surface area (Å²) in [7, 11) is 0. The molecule has 23 heavy (non-hydrogen) atoms. The number of urea groups is 1. The molecular formula is C17H16BrN3OS. The van der Waals surface area contributed by atoms with Gasteiger partial charge in [-0.2, -0.15) is 0 Å². The fourth-order valence-corrected chi connectivity index (χ4v) is 3.75. The number of anilines is 2. The molecule has 0 bridgehead atoms. The minimum Gasteiger partial charge on any atom is -0.307 e. The third-order valence-corrected chi connectivity index (χ3v) is 5.69. The molecule has 118 valence electrons. The number of alkyl halides is 1. The Kier molecular flexibility index (Phi) is 5.35. The number of amides is 2. The standard InChI is InChI=1S/C17H16BrN3OS/c18-11-15-12-19-17(23-15)21(14-9-5-2-6-10-14)16(22)20-13-7-3-1-4-8-13/h1-10,15H,11-12H2,(H,20,22)/t15-/m1/s1. The van der Waals surface area contributed by atoms with Crippen LogP contribution in [0, 0.1) is 0 Å². The zero-order chi connectivity index (χ0) is 16.1. The molecule has 0 saturated heterocycles. The predicted molar refractivity (Wildman–Crippen MR) is 102 cm³/mol. The number of nitrogens with one attached hydrogen (secondary N) is 1. The van der Waals surface area contributed by atoms with Gasteiger partial charge >= 0.3 is 6.03 Å². The summed E-state index contributed by atoms with van der Waals surface area (Å²) in [5.41, 5.74) is 1.57. The van der Waals surface area contributed by atoms with Gasteiger partial charge in [-0.25, -0.2) is 9.69 Å². The van der Waals surface area contributed by atoms with Crippen molar-refractivity contribution in [2.24, 2.45) is 4.99 Å². The van der Waals surface area contributed by atoms with Crippen LogP contribution in [0.5, 0.6) is 0 Å². The Morgan fingerprint density at radius 1 is 1.17 bits per heavy atom. The number of nitrogens with zero attached hydrogens (tertiary/aromatic N) is 2. The monoisotopic (exact) mass is 389 g/mol. The molecule has 0 aliphatic carbocycles. The molecule has 2 aromatic rings. The highest BCUT2D eigenvalue weighted by Gasteiger charge is 2.28. The van der Waals surface area contributed by atoms with E-state index in [2.05, 4.69) is 26.2 Å². The van der Waals surface area contributed by atoms with Crippen LogP contribution in [0.1, 0.15) is 0 Å². The first-order valence-electron chi connectivity index (χ1n) is 7.26. The Bertz CT molecular complexity index is 693. The van der Waals surface area contributed by atoms with E-state index in [1.807, 2.05) is 60.7 Å². The second-order valence-electron chi connectivity index (χ2n) is 4.98. The van der Waals surface area contributed by atoms with Gasteiger partial charge in [0.25, 0.3) is 0 Å². The van der Waals surface area contributed by atoms with E-state index in [9.17, 15) is 4.79 Å². The Balaban J connectivity index is 1.85. The third kappa shape index (κ3) is 3.95. The SMILES string of the molecule is O=C(Nc1ccccc1)N(C1=NC[C@@H](CBr)S1)c1ccccc1. The van der Waals surface area contributed by atoms with Crippen molar-refractivity contribution in [2.45, 2.75) is 5.25 Å². The van der Waals surface area contributed by atoms with Gasteiger partial charge in [0, 0.05) is 16.3 Å². The van der Waals surface area contributed by atoms with Gasteiger partial charge in [0.05, 0.1) is 12.2 Å². The largest absolute Gasteiger partial charge is 0.332 e. The normalized spacial score (nSPS) is 16.7. The maximum Gasteiger partial charge on any atom is 0.332 e. The predicted octanol–water partition coefficient (Wildman–Crippen LogP) is 4.59. The van der Waals surface area contributed by atoms with Gasteiger partial charge in [-0.3, -0.25) is 4.99 Å². The zero-order valence-electron chi connectivity index (χ0n) is 12.4. The number of carbonyl (C=O) groups excluding carboxylic acids is 1. The van der Waals surface area contributed by atoms with E-state index < -0.39 is 0 Å². The minimum atomic E-state index is -0.205. The van der Waals surface area contributed by atoms with Crippen LogP contribution in [0.25, 0.3) is 0 Å². The molecule has 0 saturated carbocycles. The number of para-hydroxylation sites is 2. The average molecular weight is 390 g/mol. The van der Waals surface area contributed by atoms with Gasteiger partial charge < -0.3 is 5.32 Å². The highest BCUT2D eigenvalue weighted by Crippen LogP contribution is 2.29. The summed E-state index contributed by atoms with van der Waals surface area (Å²) in [6.45, 7) is 0.715. The number of rotatable bonds is 3. The van der Waals surface area contributed by atoms with Crippen LogP contribution >= 0.6 is 27.7 Å². The molecule has 0 unspecified atom stereocenters. The summed E-state index contributed by atoms with van der Waals surface area (Å²) in [5, 5.41) is 4.88. The fourth-order valence-electron chi connectivity index (χ4n) is 2.20. The number of halogens is 1. The van der Waals surface area contributed by atoms with Crippen molar-refractivity contribution in [3.63, 3.8) is 0 Å². The van der Waals surface area contributed by atoms with E-state index in [0.29, 0.717) is 11.8 Å². The zero-order valence-corrected chi connectivity index (χ0v) is 14.8. The van der Waals surface area contributed by atoms with E-state index in [4.69, 9.17) is 0 Å². The van der Waals surface area contributed by atoms with Crippen LogP contribution in [-0.2, 0) is 0 Å². The Morgan fingerprint density at radius 3 is 2.43 bits per heavy atom. The highest BCUT2D eigenvalue weighted by atomic mass is 79.9. The van der Waals surface area contributed by atoms with Gasteiger partial charge in [-0.15, -0.1) is 0 Å². The lowest BCUT2D eigenvalue weighted by molar-refractivity contribution is 0.259. The van der Waals surface area contributed by atoms with E-state index in [-0.39, 0.29) is 6.03 Å². The molecule has 1 N–H and O–H groups in total. The molecule has 0 radical (unpaired) electrons. The minimum absolute atomic E-state index is 0.205. The van der Waals surface area contributed by atoms with E-state index >= 15 is 0 Å². The number of amidine groups is 1. The highest BCUT2D eigenvalue weighted by molar-refractivity contribution is 9.09. The van der Waals surface area contributed by atoms with E-state index in [1.165, 1.54) is 0 Å². The molecule has 6 heteroatoms. The molecule has 1 atom stereocenters. The lowest BCUT2D eigenvalue weighted by Crippen LogP contribution is -2.38. The summed E-state index contributed by atoms with van der Waals surface area (Å²) >= 11 is 5.11. The first-order valence-corrected chi connectivity index (χ1v) is 9.26. The Hall–Kier alpha value is -1.79. The second kappa shape index (κ2) is 7.66. The molecule has 1 heterocycles. The van der Waals surface area contributed by atoms with Crippen LogP contribution in [0.15, 0.2) is 65.7 Å². The van der Waals surface area contributed by atoms with Crippen molar-refractivity contribution in [3.05, 3.63) is 60.7 Å². The summed E-state index contributed by atoms with van der Waals surface area (Å²) in [4.78, 5) is 19.0. The fraction of sp³-hybridized carbons (Fsp3) is 0.176. The topological polar surface area (TPSA) is 44.7 Å². The van der Waals surface area contributed by atoms with Crippen molar-refractivity contribution >= 4 is 50.3 Å². The van der Waals surface area contributed by atoms with Crippen LogP contribution in [0.4, 0.5) is 16.2 Å². The molecular weight excluding hydrogens is 374 g/mol. The number of hydrogen-bond acceptors (Lipinski definition) is 3. The van der Waals surface area contributed by atoms with Gasteiger partial charge in [-0.1, -0.05) is 64.1 Å². The number of benzene rings is 2. The van der Waals surface area contributed by atoms with Crippen LogP contribution in [0.2, 0.25) is 0 Å². The van der Waals surface area contributed by atoms with Crippen molar-refractivity contribution in [1.29, 1.82) is 0 Å². The molecule has 2 amide bonds. The molecule has 0 fully saturated rings. The van der Waals surface area contributed by atoms with Crippen LogP contribution in [0.3, 0.4) is 0 Å². The van der Waals surface area contributed by atoms with Crippen molar-refractivity contribution < 1.29 is 4.79 Å². The van der Waals surface area contributed by atoms with Crippen LogP contribution < -0.4 is 10.2 Å². The third-order valence-electron chi connectivity index (χ3n) is 3.31. The molecule has 1 aliphatic heterocycles. The van der Waals surface area contributed by atoms with Gasteiger partial charge in [0.15, 0.2) is 5.17 Å². The molecule has 3 rings (SSSR count). The van der Waals surface area contributed by atoms with Crippen molar-refractivity contribution in [2.75, 3.05) is 22.1 Å². The maximum absolute atomic E-state index is 12.8. The maximum atomic E-state index is 12.8. The van der Waals surface area contributed by atoms with Crippen LogP contribution in [-0.4, -0.2) is 28.3 Å². The summed E-state index contributed by atoms with van der Waals surface area (Å²) < 4.78 is 0. The molecule has 0 spiro atoms. The summed E-state index contributed by atoms with van der Waals surface area (Å²) in [6.07, 6.45) is 0. The second-order valence-corrected chi connectivity index (χ2v) is 6.90. The first kappa shape index (κ1) is 16.1. The summed E-state index contributed by atoms with van der Waals surface area (Å²) in [5.74, 6) is 0. The summed E-state index contributed by atoms with van der Waals surface area (Å²) in [6, 6.07) is 18.8. The lowest BCUT2D eigenvalue weighted by Gasteiger charge is -2.22. The Labute approximate surface area is 148 Å². The molecule has 0 aromatic heterocycles.